The highest BCUT2D eigenvalue weighted by Crippen LogP contribution is 2.34. The van der Waals surface area contributed by atoms with Crippen molar-refractivity contribution < 1.29 is 14.7 Å². The van der Waals surface area contributed by atoms with Crippen LogP contribution in [0, 0.1) is 0 Å². The predicted molar refractivity (Wildman–Crippen MR) is 93.1 cm³/mol. The Balaban J connectivity index is 2.25. The second-order valence-electron chi connectivity index (χ2n) is 5.72. The van der Waals surface area contributed by atoms with Gasteiger partial charge in [0.25, 0.3) is 0 Å². The second kappa shape index (κ2) is 6.52. The summed E-state index contributed by atoms with van der Waals surface area (Å²) in [6, 6.07) is 4.00. The van der Waals surface area contributed by atoms with E-state index in [0.29, 0.717) is 15.9 Å². The quantitative estimate of drug-likeness (QED) is 0.701. The van der Waals surface area contributed by atoms with E-state index in [2.05, 4.69) is 15.3 Å². The van der Waals surface area contributed by atoms with Crippen molar-refractivity contribution in [2.45, 2.75) is 19.9 Å². The van der Waals surface area contributed by atoms with Gasteiger partial charge in [0.2, 0.25) is 11.7 Å². The number of fused-ring (bicyclic) bond motifs is 1. The predicted octanol–water partition coefficient (Wildman–Crippen LogP) is 2.99. The first-order chi connectivity index (χ1) is 11.9. The standard InChI is InChI=1S/C17H15ClN4O3/c1-9(2)21-17(25)22-13-4-3-10(18)7-11(13)14(16(22)24)15(23)12-8-19-5-6-20-12/h3-9,24H,1-2H3,(H,21,25). The Morgan fingerprint density at radius 3 is 2.68 bits per heavy atom. The first-order valence-electron chi connectivity index (χ1n) is 7.54. The van der Waals surface area contributed by atoms with Crippen LogP contribution in [0.2, 0.25) is 5.02 Å². The minimum atomic E-state index is -0.547. The molecule has 25 heavy (non-hydrogen) atoms. The molecule has 1 aromatic carbocycles. The lowest BCUT2D eigenvalue weighted by Crippen LogP contribution is -2.33. The topological polar surface area (TPSA) is 97.1 Å². The summed E-state index contributed by atoms with van der Waals surface area (Å²) in [6.07, 6.45) is 4.11. The number of aromatic hydroxyl groups is 1. The van der Waals surface area contributed by atoms with Gasteiger partial charge in [0, 0.05) is 28.8 Å². The van der Waals surface area contributed by atoms with Crippen molar-refractivity contribution in [1.82, 2.24) is 19.9 Å². The monoisotopic (exact) mass is 358 g/mol. The summed E-state index contributed by atoms with van der Waals surface area (Å²) in [5, 5.41) is 14.0. The molecular weight excluding hydrogens is 344 g/mol. The average Bonchev–Trinajstić information content (AvgIpc) is 2.85. The molecule has 2 aromatic heterocycles. The number of hydrogen-bond acceptors (Lipinski definition) is 5. The van der Waals surface area contributed by atoms with Crippen molar-refractivity contribution >= 4 is 34.3 Å². The van der Waals surface area contributed by atoms with E-state index in [0.717, 1.165) is 4.57 Å². The number of amides is 1. The highest BCUT2D eigenvalue weighted by Gasteiger charge is 2.27. The van der Waals surface area contributed by atoms with E-state index in [1.165, 1.54) is 24.7 Å². The highest BCUT2D eigenvalue weighted by molar-refractivity contribution is 6.32. The van der Waals surface area contributed by atoms with Crippen molar-refractivity contribution in [2.24, 2.45) is 0 Å². The molecule has 128 valence electrons. The SMILES string of the molecule is CC(C)NC(=O)n1c(O)c(C(=O)c2cnccn2)c2cc(Cl)ccc21. The molecule has 0 atom stereocenters. The molecule has 0 aliphatic carbocycles. The molecular formula is C17H15ClN4O3. The van der Waals surface area contributed by atoms with Crippen LogP contribution in [0.1, 0.15) is 29.9 Å². The third-order valence-corrected chi connectivity index (χ3v) is 3.78. The molecule has 0 saturated carbocycles. The third kappa shape index (κ3) is 3.06. The van der Waals surface area contributed by atoms with E-state index in [9.17, 15) is 14.7 Å². The molecule has 0 radical (unpaired) electrons. The Morgan fingerprint density at radius 1 is 1.28 bits per heavy atom. The number of rotatable bonds is 3. The number of aromatic nitrogens is 3. The van der Waals surface area contributed by atoms with Crippen molar-refractivity contribution in [1.29, 1.82) is 0 Å². The molecule has 2 heterocycles. The van der Waals surface area contributed by atoms with Crippen molar-refractivity contribution in [3.63, 3.8) is 0 Å². The molecule has 3 aromatic rings. The van der Waals surface area contributed by atoms with Gasteiger partial charge in [-0.3, -0.25) is 9.78 Å². The summed E-state index contributed by atoms with van der Waals surface area (Å²) < 4.78 is 1.05. The molecule has 0 saturated heterocycles. The van der Waals surface area contributed by atoms with Gasteiger partial charge in [-0.25, -0.2) is 14.3 Å². The zero-order valence-corrected chi connectivity index (χ0v) is 14.3. The smallest absolute Gasteiger partial charge is 0.329 e. The number of benzene rings is 1. The van der Waals surface area contributed by atoms with Crippen molar-refractivity contribution in [3.05, 3.63) is 53.1 Å². The third-order valence-electron chi connectivity index (χ3n) is 3.54. The van der Waals surface area contributed by atoms with Crippen LogP contribution < -0.4 is 5.32 Å². The van der Waals surface area contributed by atoms with E-state index >= 15 is 0 Å². The molecule has 8 heteroatoms. The fourth-order valence-electron chi connectivity index (χ4n) is 2.54. The normalized spacial score (nSPS) is 11.0. The molecule has 0 unspecified atom stereocenters. The number of nitrogens with zero attached hydrogens (tertiary/aromatic N) is 3. The van der Waals surface area contributed by atoms with Crippen molar-refractivity contribution in [3.8, 4) is 5.88 Å². The average molecular weight is 359 g/mol. The number of carbonyl (C=O) groups excluding carboxylic acids is 2. The van der Waals surface area contributed by atoms with E-state index in [1.54, 1.807) is 26.0 Å². The Kier molecular flexibility index (Phi) is 4.41. The van der Waals surface area contributed by atoms with E-state index < -0.39 is 17.7 Å². The van der Waals surface area contributed by atoms with Gasteiger partial charge in [-0.05, 0) is 32.0 Å². The molecule has 0 bridgehead atoms. The van der Waals surface area contributed by atoms with Crippen LogP contribution in [0.15, 0.2) is 36.8 Å². The van der Waals surface area contributed by atoms with Crippen LogP contribution in [0.4, 0.5) is 4.79 Å². The maximum absolute atomic E-state index is 12.8. The number of halogens is 1. The first-order valence-corrected chi connectivity index (χ1v) is 7.92. The fraction of sp³-hybridized carbons (Fsp3) is 0.176. The van der Waals surface area contributed by atoms with Crippen LogP contribution in [0.5, 0.6) is 5.88 Å². The van der Waals surface area contributed by atoms with Crippen LogP contribution in [-0.2, 0) is 0 Å². The molecule has 7 nitrogen and oxygen atoms in total. The number of carbonyl (C=O) groups is 2. The summed E-state index contributed by atoms with van der Waals surface area (Å²) in [7, 11) is 0. The van der Waals surface area contributed by atoms with Gasteiger partial charge < -0.3 is 10.4 Å². The summed E-state index contributed by atoms with van der Waals surface area (Å²) in [6.45, 7) is 3.59. The Morgan fingerprint density at radius 2 is 2.04 bits per heavy atom. The zero-order valence-electron chi connectivity index (χ0n) is 13.5. The van der Waals surface area contributed by atoms with Gasteiger partial charge in [-0.15, -0.1) is 0 Å². The molecule has 1 amide bonds. The summed E-state index contributed by atoms with van der Waals surface area (Å²) in [5.74, 6) is -1.01. The molecule has 2 N–H and O–H groups in total. The van der Waals surface area contributed by atoms with Gasteiger partial charge in [0.1, 0.15) is 5.69 Å². The lowest BCUT2D eigenvalue weighted by molar-refractivity contribution is 0.103. The van der Waals surface area contributed by atoms with Crippen LogP contribution >= 0.6 is 11.6 Å². The Labute approximate surface area is 148 Å². The van der Waals surface area contributed by atoms with Crippen molar-refractivity contribution in [2.75, 3.05) is 0 Å². The van der Waals surface area contributed by atoms with E-state index in [4.69, 9.17) is 11.6 Å². The van der Waals surface area contributed by atoms with Gasteiger partial charge >= 0.3 is 6.03 Å². The zero-order chi connectivity index (χ0) is 18.1. The molecule has 0 fully saturated rings. The van der Waals surface area contributed by atoms with Crippen LogP contribution in [0.3, 0.4) is 0 Å². The van der Waals surface area contributed by atoms with Gasteiger partial charge in [0.15, 0.2) is 0 Å². The van der Waals surface area contributed by atoms with Gasteiger partial charge in [0.05, 0.1) is 17.3 Å². The molecule has 0 aliphatic heterocycles. The number of hydrogen-bond donors (Lipinski definition) is 2. The molecule has 0 spiro atoms. The number of nitrogens with one attached hydrogen (secondary N) is 1. The second-order valence-corrected chi connectivity index (χ2v) is 6.16. The summed E-state index contributed by atoms with van der Waals surface area (Å²) in [4.78, 5) is 33.1. The minimum Gasteiger partial charge on any atom is -0.494 e. The first kappa shape index (κ1) is 16.9. The largest absolute Gasteiger partial charge is 0.494 e. The Bertz CT molecular complexity index is 967. The summed E-state index contributed by atoms with van der Waals surface area (Å²) in [5.41, 5.74) is 0.380. The number of ketones is 1. The van der Waals surface area contributed by atoms with E-state index in [1.807, 2.05) is 0 Å². The maximum Gasteiger partial charge on any atom is 0.329 e. The highest BCUT2D eigenvalue weighted by atomic mass is 35.5. The Hall–Kier alpha value is -2.93. The maximum atomic E-state index is 12.8. The lowest BCUT2D eigenvalue weighted by atomic mass is 10.1. The van der Waals surface area contributed by atoms with Gasteiger partial charge in [-0.2, -0.15) is 0 Å². The van der Waals surface area contributed by atoms with E-state index in [-0.39, 0.29) is 17.3 Å². The van der Waals surface area contributed by atoms with Crippen LogP contribution in [-0.4, -0.2) is 37.5 Å². The van der Waals surface area contributed by atoms with Gasteiger partial charge in [-0.1, -0.05) is 11.6 Å². The lowest BCUT2D eigenvalue weighted by Gasteiger charge is -2.10. The minimum absolute atomic E-state index is 0.0445. The molecule has 3 rings (SSSR count). The molecule has 0 aliphatic rings. The van der Waals surface area contributed by atoms with Crippen LogP contribution in [0.25, 0.3) is 10.9 Å². The fourth-order valence-corrected chi connectivity index (χ4v) is 2.71. The summed E-state index contributed by atoms with van der Waals surface area (Å²) >= 11 is 6.04.